The standard InChI is InChI=1S/C13H20N2O3/c1-3-4-7-14-12(16)5-8-15-13(17)11-6-9-18-10(11)2/h6,9H,3-5,7-8H2,1-2H3,(H,14,16)(H,15,17). The summed E-state index contributed by atoms with van der Waals surface area (Å²) in [4.78, 5) is 23.0. The molecular weight excluding hydrogens is 232 g/mol. The molecule has 0 aliphatic carbocycles. The van der Waals surface area contributed by atoms with E-state index in [0.717, 1.165) is 12.8 Å². The predicted molar refractivity (Wildman–Crippen MR) is 68.3 cm³/mol. The van der Waals surface area contributed by atoms with Crippen molar-refractivity contribution in [2.24, 2.45) is 0 Å². The van der Waals surface area contributed by atoms with Crippen molar-refractivity contribution in [1.29, 1.82) is 0 Å². The van der Waals surface area contributed by atoms with E-state index >= 15 is 0 Å². The third kappa shape index (κ3) is 4.61. The molecular formula is C13H20N2O3. The molecule has 1 heterocycles. The van der Waals surface area contributed by atoms with Crippen LogP contribution in [0.15, 0.2) is 16.7 Å². The van der Waals surface area contributed by atoms with E-state index in [0.29, 0.717) is 30.8 Å². The Bertz CT molecular complexity index is 399. The number of nitrogens with one attached hydrogen (secondary N) is 2. The summed E-state index contributed by atoms with van der Waals surface area (Å²) in [5, 5.41) is 5.48. The molecule has 2 amide bonds. The lowest BCUT2D eigenvalue weighted by atomic mass is 10.2. The lowest BCUT2D eigenvalue weighted by Crippen LogP contribution is -2.31. The summed E-state index contributed by atoms with van der Waals surface area (Å²) < 4.78 is 5.04. The Morgan fingerprint density at radius 3 is 2.67 bits per heavy atom. The van der Waals surface area contributed by atoms with Crippen LogP contribution in [0.5, 0.6) is 0 Å². The summed E-state index contributed by atoms with van der Waals surface area (Å²) in [7, 11) is 0. The SMILES string of the molecule is CCCCNC(=O)CCNC(=O)c1ccoc1C. The van der Waals surface area contributed by atoms with Crippen molar-refractivity contribution < 1.29 is 14.0 Å². The molecule has 1 rings (SSSR count). The normalized spacial score (nSPS) is 10.1. The van der Waals surface area contributed by atoms with Gasteiger partial charge in [-0.1, -0.05) is 13.3 Å². The van der Waals surface area contributed by atoms with Gasteiger partial charge in [0.15, 0.2) is 0 Å². The Balaban J connectivity index is 2.20. The Morgan fingerprint density at radius 2 is 2.06 bits per heavy atom. The van der Waals surface area contributed by atoms with Gasteiger partial charge in [0.05, 0.1) is 11.8 Å². The Kier molecular flexibility index (Phi) is 5.97. The molecule has 0 atom stereocenters. The van der Waals surface area contributed by atoms with Gasteiger partial charge in [-0.2, -0.15) is 0 Å². The van der Waals surface area contributed by atoms with Gasteiger partial charge in [-0.05, 0) is 19.4 Å². The van der Waals surface area contributed by atoms with Gasteiger partial charge in [-0.3, -0.25) is 9.59 Å². The minimum Gasteiger partial charge on any atom is -0.469 e. The lowest BCUT2D eigenvalue weighted by molar-refractivity contribution is -0.120. The van der Waals surface area contributed by atoms with Crippen molar-refractivity contribution in [2.75, 3.05) is 13.1 Å². The second-order valence-corrected chi connectivity index (χ2v) is 4.10. The smallest absolute Gasteiger partial charge is 0.254 e. The van der Waals surface area contributed by atoms with Crippen LogP contribution < -0.4 is 10.6 Å². The molecule has 5 heteroatoms. The molecule has 0 radical (unpaired) electrons. The maximum Gasteiger partial charge on any atom is 0.254 e. The summed E-state index contributed by atoms with van der Waals surface area (Å²) in [6, 6.07) is 1.62. The highest BCUT2D eigenvalue weighted by Crippen LogP contribution is 2.07. The fraction of sp³-hybridized carbons (Fsp3) is 0.538. The highest BCUT2D eigenvalue weighted by molar-refractivity contribution is 5.95. The van der Waals surface area contributed by atoms with Crippen molar-refractivity contribution in [3.05, 3.63) is 23.7 Å². The molecule has 0 bridgehead atoms. The average molecular weight is 252 g/mol. The summed E-state index contributed by atoms with van der Waals surface area (Å²) in [5.74, 6) is 0.343. The Morgan fingerprint density at radius 1 is 1.28 bits per heavy atom. The van der Waals surface area contributed by atoms with Crippen LogP contribution >= 0.6 is 0 Å². The number of amides is 2. The number of carbonyl (C=O) groups excluding carboxylic acids is 2. The molecule has 18 heavy (non-hydrogen) atoms. The maximum absolute atomic E-state index is 11.7. The number of hydrogen-bond donors (Lipinski definition) is 2. The maximum atomic E-state index is 11.7. The zero-order valence-electron chi connectivity index (χ0n) is 10.9. The van der Waals surface area contributed by atoms with Crippen LogP contribution in [0.2, 0.25) is 0 Å². The first-order chi connectivity index (χ1) is 8.65. The first kappa shape index (κ1) is 14.3. The van der Waals surface area contributed by atoms with E-state index < -0.39 is 0 Å². The van der Waals surface area contributed by atoms with E-state index in [-0.39, 0.29) is 11.8 Å². The number of unbranched alkanes of at least 4 members (excludes halogenated alkanes) is 1. The number of furan rings is 1. The van der Waals surface area contributed by atoms with E-state index in [2.05, 4.69) is 17.6 Å². The Hall–Kier alpha value is -1.78. The molecule has 0 aliphatic heterocycles. The number of rotatable bonds is 7. The zero-order valence-corrected chi connectivity index (χ0v) is 10.9. The van der Waals surface area contributed by atoms with E-state index in [1.807, 2.05) is 0 Å². The first-order valence-electron chi connectivity index (χ1n) is 6.24. The van der Waals surface area contributed by atoms with E-state index in [1.54, 1.807) is 13.0 Å². The van der Waals surface area contributed by atoms with Gasteiger partial charge >= 0.3 is 0 Å². The van der Waals surface area contributed by atoms with Gasteiger partial charge in [-0.25, -0.2) is 0 Å². The third-order valence-corrected chi connectivity index (χ3v) is 2.59. The fourth-order valence-electron chi connectivity index (χ4n) is 1.50. The van der Waals surface area contributed by atoms with Crippen LogP contribution in [-0.4, -0.2) is 24.9 Å². The summed E-state index contributed by atoms with van der Waals surface area (Å²) >= 11 is 0. The topological polar surface area (TPSA) is 71.3 Å². The van der Waals surface area contributed by atoms with Gasteiger partial charge < -0.3 is 15.1 Å². The second kappa shape index (κ2) is 7.53. The van der Waals surface area contributed by atoms with Gasteiger partial charge in [0, 0.05) is 19.5 Å². The van der Waals surface area contributed by atoms with Crippen molar-refractivity contribution >= 4 is 11.8 Å². The highest BCUT2D eigenvalue weighted by atomic mass is 16.3. The molecule has 0 unspecified atom stereocenters. The number of carbonyl (C=O) groups is 2. The molecule has 1 aromatic heterocycles. The van der Waals surface area contributed by atoms with Gasteiger partial charge in [0.1, 0.15) is 5.76 Å². The van der Waals surface area contributed by atoms with Crippen LogP contribution in [0.1, 0.15) is 42.3 Å². The molecule has 0 spiro atoms. The summed E-state index contributed by atoms with van der Waals surface area (Å²) in [6.07, 6.45) is 3.80. The first-order valence-corrected chi connectivity index (χ1v) is 6.24. The van der Waals surface area contributed by atoms with Crippen LogP contribution in [0, 0.1) is 6.92 Å². The zero-order chi connectivity index (χ0) is 13.4. The fourth-order valence-corrected chi connectivity index (χ4v) is 1.50. The van der Waals surface area contributed by atoms with E-state index in [9.17, 15) is 9.59 Å². The third-order valence-electron chi connectivity index (χ3n) is 2.59. The van der Waals surface area contributed by atoms with Gasteiger partial charge in [0.25, 0.3) is 5.91 Å². The Labute approximate surface area is 107 Å². The predicted octanol–water partition coefficient (Wildman–Crippen LogP) is 1.62. The molecule has 0 saturated carbocycles. The van der Waals surface area contributed by atoms with E-state index in [1.165, 1.54) is 6.26 Å². The van der Waals surface area contributed by atoms with Crippen molar-refractivity contribution in [3.63, 3.8) is 0 Å². The summed E-state index contributed by atoms with van der Waals surface area (Å²) in [5.41, 5.74) is 0.515. The van der Waals surface area contributed by atoms with Gasteiger partial charge in [-0.15, -0.1) is 0 Å². The van der Waals surface area contributed by atoms with Crippen LogP contribution in [-0.2, 0) is 4.79 Å². The van der Waals surface area contributed by atoms with Crippen molar-refractivity contribution in [1.82, 2.24) is 10.6 Å². The molecule has 2 N–H and O–H groups in total. The van der Waals surface area contributed by atoms with Crippen LogP contribution in [0.4, 0.5) is 0 Å². The van der Waals surface area contributed by atoms with Crippen LogP contribution in [0.25, 0.3) is 0 Å². The van der Waals surface area contributed by atoms with Crippen LogP contribution in [0.3, 0.4) is 0 Å². The lowest BCUT2D eigenvalue weighted by Gasteiger charge is -2.05. The van der Waals surface area contributed by atoms with E-state index in [4.69, 9.17) is 4.42 Å². The molecule has 0 saturated heterocycles. The molecule has 100 valence electrons. The number of hydrogen-bond acceptors (Lipinski definition) is 3. The minimum absolute atomic E-state index is 0.0346. The molecule has 0 fully saturated rings. The molecule has 0 aromatic carbocycles. The molecule has 5 nitrogen and oxygen atoms in total. The van der Waals surface area contributed by atoms with Crippen molar-refractivity contribution in [2.45, 2.75) is 33.1 Å². The molecule has 0 aliphatic rings. The molecule has 1 aromatic rings. The monoisotopic (exact) mass is 252 g/mol. The largest absolute Gasteiger partial charge is 0.469 e. The highest BCUT2D eigenvalue weighted by Gasteiger charge is 2.11. The summed E-state index contributed by atoms with van der Waals surface area (Å²) in [6.45, 7) is 4.83. The second-order valence-electron chi connectivity index (χ2n) is 4.10. The average Bonchev–Trinajstić information content (AvgIpc) is 2.76. The van der Waals surface area contributed by atoms with Gasteiger partial charge in [0.2, 0.25) is 5.91 Å². The van der Waals surface area contributed by atoms with Crippen molar-refractivity contribution in [3.8, 4) is 0 Å². The quantitative estimate of drug-likeness (QED) is 0.724. The number of aryl methyl sites for hydroxylation is 1. The minimum atomic E-state index is -0.206.